The fourth-order valence-electron chi connectivity index (χ4n) is 21.1. The number of piperidine rings is 1. The molecule has 1 N–H and O–H groups in total. The smallest absolute Gasteiger partial charge is 0.258 e. The van der Waals surface area contributed by atoms with Crippen LogP contribution in [0.2, 0.25) is 0 Å². The molecule has 20 aromatic heterocycles. The van der Waals surface area contributed by atoms with Gasteiger partial charge in [0.2, 0.25) is 0 Å². The van der Waals surface area contributed by atoms with Crippen LogP contribution in [0.3, 0.4) is 0 Å². The third-order valence-corrected chi connectivity index (χ3v) is 29.3. The molecule has 0 unspecified atom stereocenters. The van der Waals surface area contributed by atoms with E-state index >= 15 is 0 Å². The van der Waals surface area contributed by atoms with Crippen LogP contribution in [-0.2, 0) is 0 Å². The Morgan fingerprint density at radius 2 is 0.787 bits per heavy atom. The lowest BCUT2D eigenvalue weighted by atomic mass is 9.90. The summed E-state index contributed by atoms with van der Waals surface area (Å²) in [7, 11) is 2.12. The van der Waals surface area contributed by atoms with E-state index in [4.69, 9.17) is 24.9 Å². The summed E-state index contributed by atoms with van der Waals surface area (Å²) >= 11 is 0. The summed E-state index contributed by atoms with van der Waals surface area (Å²) in [6.45, 7) is 44.6. The number of rotatable bonds is 13. The maximum Gasteiger partial charge on any atom is 0.258 e. The second-order valence-electron chi connectivity index (χ2n) is 40.5. The van der Waals surface area contributed by atoms with Crippen LogP contribution in [0.15, 0.2) is 226 Å². The fraction of sp³-hybridized carbons (Fsp3) is 0.319. The standard InChI is InChI=1S/2C24H26N6O.C23H24N6O.C23H25N5O.C22H22N6O/c1-15(2)28-7-5-18(6-8-28)21-14-30-23(11-25-21)27-20(10-24(30)31)19-9-22-17(4)26-16(3)12-29(22)13-19;1-5-28-8-6-18(7-9-28)19-10-15(2)24-26-20(12-23(31)29(24)14-19)21-11-22-17(4)25-16(3)13-30(22)27-21;1-14-9-18(17-5-7-27(4)8-6-17)13-28-22(30)11-19(25-23(14)28)20-10-21-16(3)24-15(2)12-29(21)26-20;1-3-26-10-8-17(9-11-26)18-4-7-22-25-20(12-23(29)28(22)15-18)19-5-6-21-24-16(2)13-27(21)14-19;1-13-8-17(16-4-6-23-7-5-16)12-27-21(29)10-18(25-22(13)27)19-9-20-15(3)24-14(2)11-28(20)26-19/h5,9-15H,6-8H2,1-4H3;6,10-14H,5,7-9H2,1-4H3;5,9-13H,6-8H2,1-4H3;4-7,12-15,17H,3,8-11H2,1-2H3;4,8-12,23H,5-7H2,1-3H3. The molecular weight excluding hydrogens is 1880 g/mol. The largest absolute Gasteiger partial charge is 0.320 e. The lowest BCUT2D eigenvalue weighted by Gasteiger charge is -2.31. The van der Waals surface area contributed by atoms with E-state index in [2.05, 4.69) is 153 Å². The summed E-state index contributed by atoms with van der Waals surface area (Å²) in [6, 6.07) is 30.7. The number of nitrogens with zero attached hydrogens (tertiary/aromatic N) is 28. The highest BCUT2D eigenvalue weighted by Gasteiger charge is 2.26. The quantitative estimate of drug-likeness (QED) is 0.112. The SMILES string of the molecule is CCN1CC=C(c2cc(C)c3nc(-c4cc5c(C)nc(C)cn5n4)cc(=O)n3c2)CC1.CCN1CCC(c2ccc3nc(-c4ccc5nc(C)cn5c4)cc(=O)n3c2)CC1.Cc1cn2cc(-c3cc(=O)n4cc(C5=CCN(C(C)C)CC5)ncc4n3)cc2c(C)n1.Cc1cn2nc(-c3cc(=O)n4cc(C5=CCN(C)CC5)cc(C)c4n3)cc2c(C)n1.Cc1cn2nc(-c3cc(=O)n4cc(C5=CCNCC5)cc(C)c4n3)cc2c(C)n1. The van der Waals surface area contributed by atoms with Gasteiger partial charge in [0.05, 0.1) is 132 Å². The molecule has 20 aromatic rings. The zero-order valence-corrected chi connectivity index (χ0v) is 88.0. The molecule has 150 heavy (non-hydrogen) atoms. The first-order valence-electron chi connectivity index (χ1n) is 51.7. The minimum Gasteiger partial charge on any atom is -0.320 e. The Hall–Kier alpha value is -16.3. The molecule has 0 saturated carbocycles. The summed E-state index contributed by atoms with van der Waals surface area (Å²) in [4.78, 5) is 125. The van der Waals surface area contributed by atoms with Crippen molar-refractivity contribution >= 4 is 78.2 Å². The molecule has 1 fully saturated rings. The van der Waals surface area contributed by atoms with Gasteiger partial charge in [-0.05, 0) is 303 Å². The topological polar surface area (TPSA) is 335 Å². The fourth-order valence-corrected chi connectivity index (χ4v) is 21.1. The number of imidazole rings is 1. The molecule has 34 nitrogen and oxygen atoms in total. The van der Waals surface area contributed by atoms with Crippen LogP contribution in [0.25, 0.3) is 135 Å². The average molecular weight is 2000 g/mol. The van der Waals surface area contributed by atoms with E-state index in [1.165, 1.54) is 27.9 Å². The van der Waals surface area contributed by atoms with E-state index in [-0.39, 0.29) is 27.8 Å². The van der Waals surface area contributed by atoms with Gasteiger partial charge >= 0.3 is 0 Å². The van der Waals surface area contributed by atoms with Gasteiger partial charge in [0.25, 0.3) is 27.8 Å². The molecule has 0 spiro atoms. The van der Waals surface area contributed by atoms with Crippen molar-refractivity contribution in [3.05, 3.63) is 350 Å². The Labute approximate surface area is 865 Å². The van der Waals surface area contributed by atoms with E-state index in [1.807, 2.05) is 213 Å². The molecule has 762 valence electrons. The van der Waals surface area contributed by atoms with Gasteiger partial charge in [0.1, 0.15) is 45.3 Å². The minimum absolute atomic E-state index is 0.0419. The molecule has 0 aromatic carbocycles. The molecule has 0 radical (unpaired) electrons. The van der Waals surface area contributed by atoms with Crippen molar-refractivity contribution in [1.82, 2.24) is 139 Å². The number of aromatic nitrogens is 24. The first kappa shape index (κ1) is 99.7. The maximum atomic E-state index is 13.0. The van der Waals surface area contributed by atoms with E-state index in [0.29, 0.717) is 85.7 Å². The highest BCUT2D eigenvalue weighted by atomic mass is 16.1. The number of nitrogens with one attached hydrogen (secondary N) is 1. The third kappa shape index (κ3) is 20.6. The molecule has 1 saturated heterocycles. The highest BCUT2D eigenvalue weighted by Crippen LogP contribution is 2.35. The number of fused-ring (bicyclic) bond motifs is 10. The molecule has 0 bridgehead atoms. The van der Waals surface area contributed by atoms with Crippen LogP contribution in [0.4, 0.5) is 0 Å². The van der Waals surface area contributed by atoms with Crippen molar-refractivity contribution in [3.8, 4) is 56.7 Å². The van der Waals surface area contributed by atoms with Gasteiger partial charge in [0, 0.05) is 149 Å². The van der Waals surface area contributed by atoms with Crippen LogP contribution in [0.1, 0.15) is 168 Å². The second-order valence-corrected chi connectivity index (χ2v) is 40.5. The highest BCUT2D eigenvalue weighted by molar-refractivity contribution is 5.77. The van der Waals surface area contributed by atoms with Crippen molar-refractivity contribution in [2.24, 2.45) is 0 Å². The average Bonchev–Trinajstić information content (AvgIpc) is 1.48. The van der Waals surface area contributed by atoms with Crippen molar-refractivity contribution in [2.45, 2.75) is 161 Å². The Balaban J connectivity index is 0.000000109. The van der Waals surface area contributed by atoms with E-state index in [0.717, 1.165) is 246 Å². The number of hydrogen-bond acceptors (Lipinski definition) is 24. The summed E-state index contributed by atoms with van der Waals surface area (Å²) in [5, 5.41) is 17.2. The molecule has 34 heteroatoms. The first-order chi connectivity index (χ1) is 72.3. The van der Waals surface area contributed by atoms with E-state index < -0.39 is 0 Å². The number of hydrogen-bond donors (Lipinski definition) is 1. The van der Waals surface area contributed by atoms with Gasteiger partial charge in [-0.3, -0.25) is 80.7 Å². The monoisotopic (exact) mass is 2000 g/mol. The van der Waals surface area contributed by atoms with Gasteiger partial charge in [-0.15, -0.1) is 0 Å². The van der Waals surface area contributed by atoms with Crippen molar-refractivity contribution in [2.75, 3.05) is 85.6 Å². The zero-order chi connectivity index (χ0) is 104. The predicted molar refractivity (Wildman–Crippen MR) is 590 cm³/mol. The number of aryl methyl sites for hydroxylation is 12. The molecule has 5 aliphatic rings. The van der Waals surface area contributed by atoms with Crippen LogP contribution in [-0.4, -0.2) is 226 Å². The number of likely N-dealkylation sites (N-methyl/N-ethyl adjacent to an activating group) is 2. The van der Waals surface area contributed by atoms with Crippen molar-refractivity contribution in [1.29, 1.82) is 0 Å². The van der Waals surface area contributed by atoms with Gasteiger partial charge in [-0.1, -0.05) is 44.2 Å². The Morgan fingerprint density at radius 1 is 0.340 bits per heavy atom. The van der Waals surface area contributed by atoms with Crippen LogP contribution in [0, 0.1) is 83.1 Å². The van der Waals surface area contributed by atoms with Gasteiger partial charge < -0.3 is 23.9 Å². The summed E-state index contributed by atoms with van der Waals surface area (Å²) in [6.07, 6.45) is 39.9. The minimum atomic E-state index is -0.106. The number of pyridine rings is 5. The van der Waals surface area contributed by atoms with E-state index in [9.17, 15) is 24.0 Å². The molecular formula is C116H123N29O5. The molecule has 5 aliphatic heterocycles. The van der Waals surface area contributed by atoms with Gasteiger partial charge in [-0.2, -0.15) is 15.3 Å². The summed E-state index contributed by atoms with van der Waals surface area (Å²) < 4.78 is 17.7. The summed E-state index contributed by atoms with van der Waals surface area (Å²) in [5.74, 6) is 0.515. The molecule has 25 rings (SSSR count). The zero-order valence-electron chi connectivity index (χ0n) is 88.0. The van der Waals surface area contributed by atoms with Crippen LogP contribution < -0.4 is 33.1 Å². The predicted octanol–water partition coefficient (Wildman–Crippen LogP) is 16.2. The Morgan fingerprint density at radius 3 is 1.27 bits per heavy atom. The van der Waals surface area contributed by atoms with Crippen molar-refractivity contribution in [3.63, 3.8) is 0 Å². The van der Waals surface area contributed by atoms with Crippen molar-refractivity contribution < 1.29 is 0 Å². The third-order valence-electron chi connectivity index (χ3n) is 29.3. The van der Waals surface area contributed by atoms with Gasteiger partial charge in [0.15, 0.2) is 5.65 Å². The number of likely N-dealkylation sites (tertiary alicyclic amines) is 1. The Kier molecular flexibility index (Phi) is 27.5. The summed E-state index contributed by atoms with van der Waals surface area (Å²) in [5.41, 5.74) is 35.9. The maximum absolute atomic E-state index is 13.0. The van der Waals surface area contributed by atoms with Crippen LogP contribution >= 0.6 is 0 Å². The van der Waals surface area contributed by atoms with Crippen LogP contribution in [0.5, 0.6) is 0 Å². The molecule has 0 amide bonds. The normalized spacial score (nSPS) is 15.2. The lowest BCUT2D eigenvalue weighted by Crippen LogP contribution is -2.34. The first-order valence-corrected chi connectivity index (χ1v) is 51.7. The van der Waals surface area contributed by atoms with E-state index in [1.54, 1.807) is 67.6 Å². The molecule has 25 heterocycles. The van der Waals surface area contributed by atoms with Gasteiger partial charge in [-0.25, -0.2) is 43.5 Å². The lowest BCUT2D eigenvalue weighted by molar-refractivity contribution is 0.222. The molecule has 0 aliphatic carbocycles. The second kappa shape index (κ2) is 41.4. The molecule has 0 atom stereocenters. The Bertz CT molecular complexity index is 9260.